The molecular formula is C24H27N3O5S. The number of aromatic nitrogens is 1. The van der Waals surface area contributed by atoms with Crippen molar-refractivity contribution >= 4 is 23.8 Å². The van der Waals surface area contributed by atoms with Gasteiger partial charge in [-0.25, -0.2) is 4.79 Å². The van der Waals surface area contributed by atoms with Crippen LogP contribution < -0.4 is 10.1 Å². The number of carbonyl (C=O) groups excluding carboxylic acids is 2. The highest BCUT2D eigenvalue weighted by atomic mass is 32.2. The van der Waals surface area contributed by atoms with Crippen molar-refractivity contribution in [2.24, 2.45) is 23.7 Å². The first-order valence-electron chi connectivity index (χ1n) is 11.7. The molecule has 7 rings (SSSR count). The molecule has 4 bridgehead atoms. The number of benzene rings is 1. The van der Waals surface area contributed by atoms with Crippen molar-refractivity contribution < 1.29 is 23.6 Å². The number of hydrogen-bond donors (Lipinski definition) is 1. The van der Waals surface area contributed by atoms with Gasteiger partial charge in [0.1, 0.15) is 18.1 Å². The highest BCUT2D eigenvalue weighted by Gasteiger charge is 2.54. The Morgan fingerprint density at radius 3 is 2.82 bits per heavy atom. The summed E-state index contributed by atoms with van der Waals surface area (Å²) < 4.78 is 16.3. The zero-order chi connectivity index (χ0) is 22.4. The fourth-order valence-corrected chi connectivity index (χ4v) is 7.19. The normalized spacial score (nSPS) is 29.5. The second-order valence-corrected chi connectivity index (χ2v) is 10.6. The number of carbonyl (C=O) groups is 2. The van der Waals surface area contributed by atoms with Crippen LogP contribution in [0.3, 0.4) is 0 Å². The van der Waals surface area contributed by atoms with E-state index in [1.807, 2.05) is 30.3 Å². The van der Waals surface area contributed by atoms with Crippen molar-refractivity contribution in [3.8, 4) is 5.88 Å². The lowest BCUT2D eigenvalue weighted by molar-refractivity contribution is 0.0853. The average molecular weight is 470 g/mol. The van der Waals surface area contributed by atoms with Crippen LogP contribution in [0, 0.1) is 23.7 Å². The van der Waals surface area contributed by atoms with E-state index in [1.165, 1.54) is 37.4 Å². The zero-order valence-electron chi connectivity index (χ0n) is 18.3. The summed E-state index contributed by atoms with van der Waals surface area (Å²) in [6, 6.07) is 10.0. The number of ether oxygens (including phenoxy) is 2. The molecule has 4 aliphatic carbocycles. The Labute approximate surface area is 196 Å². The van der Waals surface area contributed by atoms with E-state index in [9.17, 15) is 9.59 Å². The number of rotatable bonds is 8. The standard InChI is InChI=1S/C24H27N3O5S/c28-22(25-19-16-11-14-10-15(13-16)18(19)12-14)20-21(33-17-4-2-1-3-5-17)23(26-32-20)30-8-6-27-7-9-31-24(27)29/h1-5,14-16,18-19H,6-13H2,(H,25,28). The van der Waals surface area contributed by atoms with Gasteiger partial charge in [0.15, 0.2) is 0 Å². The molecule has 5 unspecified atom stereocenters. The van der Waals surface area contributed by atoms with Crippen molar-refractivity contribution in [1.82, 2.24) is 15.4 Å². The maximum atomic E-state index is 13.3. The molecular weight excluding hydrogens is 442 g/mol. The maximum absolute atomic E-state index is 13.3. The van der Waals surface area contributed by atoms with Gasteiger partial charge in [0.2, 0.25) is 5.76 Å². The SMILES string of the molecule is O=C(NC1C2CC3CC(C2)C1C3)c1onc(OCCN2CCOC2=O)c1Sc1ccccc1. The third kappa shape index (κ3) is 3.96. The van der Waals surface area contributed by atoms with Crippen LogP contribution in [0.2, 0.25) is 0 Å². The van der Waals surface area contributed by atoms with Gasteiger partial charge in [-0.15, -0.1) is 0 Å². The molecule has 1 N–H and O–H groups in total. The van der Waals surface area contributed by atoms with Gasteiger partial charge in [-0.05, 0) is 66.6 Å². The van der Waals surface area contributed by atoms with Crippen LogP contribution in [0.25, 0.3) is 0 Å². The minimum absolute atomic E-state index is 0.191. The summed E-state index contributed by atoms with van der Waals surface area (Å²) in [5.41, 5.74) is 0. The molecule has 5 fully saturated rings. The Balaban J connectivity index is 1.19. The van der Waals surface area contributed by atoms with Crippen molar-refractivity contribution in [3.63, 3.8) is 0 Å². The second kappa shape index (κ2) is 8.59. The number of cyclic esters (lactones) is 1. The number of nitrogens with one attached hydrogen (secondary N) is 1. The molecule has 2 amide bonds. The first kappa shape index (κ1) is 20.9. The molecule has 174 valence electrons. The summed E-state index contributed by atoms with van der Waals surface area (Å²) >= 11 is 1.40. The van der Waals surface area contributed by atoms with E-state index in [2.05, 4.69) is 10.5 Å². The van der Waals surface area contributed by atoms with Gasteiger partial charge < -0.3 is 24.2 Å². The highest BCUT2D eigenvalue weighted by molar-refractivity contribution is 7.99. The quantitative estimate of drug-likeness (QED) is 0.628. The van der Waals surface area contributed by atoms with E-state index in [1.54, 1.807) is 4.90 Å². The summed E-state index contributed by atoms with van der Waals surface area (Å²) in [5, 5.41) is 7.36. The number of nitrogens with zero attached hydrogens (tertiary/aromatic N) is 2. The fourth-order valence-electron chi connectivity index (χ4n) is 6.26. The lowest BCUT2D eigenvalue weighted by Gasteiger charge is -2.32. The average Bonchev–Trinajstić information content (AvgIpc) is 3.54. The van der Waals surface area contributed by atoms with Crippen LogP contribution in [0.1, 0.15) is 36.2 Å². The number of hydrogen-bond acceptors (Lipinski definition) is 7. The van der Waals surface area contributed by atoms with E-state index in [0.717, 1.165) is 16.7 Å². The van der Waals surface area contributed by atoms with Crippen LogP contribution in [0.5, 0.6) is 5.88 Å². The molecule has 8 nitrogen and oxygen atoms in total. The van der Waals surface area contributed by atoms with Crippen molar-refractivity contribution in [1.29, 1.82) is 0 Å². The minimum Gasteiger partial charge on any atom is -0.473 e. The van der Waals surface area contributed by atoms with Crippen molar-refractivity contribution in [2.75, 3.05) is 26.3 Å². The summed E-state index contributed by atoms with van der Waals surface area (Å²) in [6.45, 7) is 1.57. The molecule has 0 spiro atoms. The summed E-state index contributed by atoms with van der Waals surface area (Å²) in [4.78, 5) is 28.1. The van der Waals surface area contributed by atoms with Crippen LogP contribution in [-0.4, -0.2) is 54.4 Å². The third-order valence-electron chi connectivity index (χ3n) is 7.59. The topological polar surface area (TPSA) is 93.9 Å². The smallest absolute Gasteiger partial charge is 0.410 e. The van der Waals surface area contributed by atoms with Gasteiger partial charge in [0.25, 0.3) is 11.8 Å². The molecule has 4 saturated carbocycles. The van der Waals surface area contributed by atoms with Gasteiger partial charge in [0, 0.05) is 10.9 Å². The molecule has 33 heavy (non-hydrogen) atoms. The Morgan fingerprint density at radius 1 is 1.18 bits per heavy atom. The van der Waals surface area contributed by atoms with Gasteiger partial charge in [0.05, 0.1) is 13.1 Å². The van der Waals surface area contributed by atoms with E-state index in [4.69, 9.17) is 14.0 Å². The van der Waals surface area contributed by atoms with Gasteiger partial charge >= 0.3 is 6.09 Å². The van der Waals surface area contributed by atoms with Crippen molar-refractivity contribution in [3.05, 3.63) is 36.1 Å². The maximum Gasteiger partial charge on any atom is 0.410 e. The monoisotopic (exact) mass is 469 g/mol. The minimum atomic E-state index is -0.335. The van der Waals surface area contributed by atoms with Gasteiger partial charge in [-0.2, -0.15) is 0 Å². The van der Waals surface area contributed by atoms with E-state index in [-0.39, 0.29) is 36.3 Å². The lowest BCUT2D eigenvalue weighted by Crippen LogP contribution is -2.44. The second-order valence-electron chi connectivity index (χ2n) is 9.50. The molecule has 1 aromatic carbocycles. The largest absolute Gasteiger partial charge is 0.473 e. The zero-order valence-corrected chi connectivity index (χ0v) is 19.1. The molecule has 1 aliphatic heterocycles. The predicted octanol–water partition coefficient (Wildman–Crippen LogP) is 3.82. The first-order valence-corrected chi connectivity index (χ1v) is 12.6. The first-order chi connectivity index (χ1) is 16.2. The van der Waals surface area contributed by atoms with Gasteiger partial charge in [-0.3, -0.25) is 4.79 Å². The highest BCUT2D eigenvalue weighted by Crippen LogP contribution is 2.58. The number of amides is 2. The molecule has 2 heterocycles. The molecule has 9 heteroatoms. The molecule has 5 atom stereocenters. The summed E-state index contributed by atoms with van der Waals surface area (Å²) in [5.74, 6) is 3.05. The Bertz CT molecular complexity index is 1040. The lowest BCUT2D eigenvalue weighted by atomic mass is 9.79. The van der Waals surface area contributed by atoms with E-state index >= 15 is 0 Å². The Hall–Kier alpha value is -2.68. The van der Waals surface area contributed by atoms with Gasteiger partial charge in [-0.1, -0.05) is 30.0 Å². The molecule has 0 radical (unpaired) electrons. The molecule has 2 aromatic rings. The van der Waals surface area contributed by atoms with Crippen LogP contribution >= 0.6 is 11.8 Å². The fraction of sp³-hybridized carbons (Fsp3) is 0.542. The molecule has 1 saturated heterocycles. The van der Waals surface area contributed by atoms with E-state index < -0.39 is 0 Å². The summed E-state index contributed by atoms with van der Waals surface area (Å²) in [7, 11) is 0. The third-order valence-corrected chi connectivity index (χ3v) is 8.66. The van der Waals surface area contributed by atoms with E-state index in [0.29, 0.717) is 36.4 Å². The Kier molecular flexibility index (Phi) is 5.44. The molecule has 5 aliphatic rings. The van der Waals surface area contributed by atoms with Crippen molar-refractivity contribution in [2.45, 2.75) is 41.5 Å². The Morgan fingerprint density at radius 2 is 2.03 bits per heavy atom. The predicted molar refractivity (Wildman–Crippen MR) is 119 cm³/mol. The van der Waals surface area contributed by atoms with Crippen LogP contribution in [0.15, 0.2) is 44.6 Å². The summed E-state index contributed by atoms with van der Waals surface area (Å²) in [6.07, 6.45) is 4.70. The van der Waals surface area contributed by atoms with Crippen LogP contribution in [-0.2, 0) is 4.74 Å². The van der Waals surface area contributed by atoms with Crippen LogP contribution in [0.4, 0.5) is 4.79 Å². The molecule has 1 aromatic heterocycles.